The number of hydrogen-bond donors (Lipinski definition) is 0. The molecule has 0 radical (unpaired) electrons. The Morgan fingerprint density at radius 1 is 1.21 bits per heavy atom. The van der Waals surface area contributed by atoms with Gasteiger partial charge in [-0.3, -0.25) is 0 Å². The molecule has 124 valence electrons. The molecular weight excluding hydrogens is 307 g/mol. The Kier molecular flexibility index (Phi) is 3.11. The molecule has 5 nitrogen and oxygen atoms in total. The highest BCUT2D eigenvalue weighted by Crippen LogP contribution is 2.32. The molecule has 1 aromatic carbocycles. The first-order valence-corrected chi connectivity index (χ1v) is 8.63. The van der Waals surface area contributed by atoms with E-state index in [1.54, 1.807) is 6.07 Å². The van der Waals surface area contributed by atoms with E-state index in [0.29, 0.717) is 23.2 Å². The fourth-order valence-electron chi connectivity index (χ4n) is 3.97. The first kappa shape index (κ1) is 14.0. The van der Waals surface area contributed by atoms with Crippen molar-refractivity contribution >= 4 is 17.1 Å². The first-order valence-electron chi connectivity index (χ1n) is 8.63. The molecule has 0 saturated carbocycles. The fraction of sp³-hybridized carbons (Fsp3) is 0.444. The van der Waals surface area contributed by atoms with Crippen molar-refractivity contribution < 1.29 is 8.81 Å². The van der Waals surface area contributed by atoms with Crippen LogP contribution >= 0.6 is 0 Å². The normalized spacial score (nSPS) is 20.7. The van der Waals surface area contributed by atoms with Crippen molar-refractivity contribution in [3.8, 4) is 0 Å². The molecule has 2 aromatic heterocycles. The van der Waals surface area contributed by atoms with Crippen LogP contribution in [0.1, 0.15) is 36.7 Å². The third-order valence-electron chi connectivity index (χ3n) is 5.23. The Morgan fingerprint density at radius 3 is 3.08 bits per heavy atom. The average molecular weight is 326 g/mol. The molecule has 1 atom stereocenters. The molecule has 0 bridgehead atoms. The number of imidazole rings is 1. The fourth-order valence-corrected chi connectivity index (χ4v) is 3.97. The van der Waals surface area contributed by atoms with Gasteiger partial charge >= 0.3 is 0 Å². The van der Waals surface area contributed by atoms with Crippen LogP contribution < -0.4 is 4.90 Å². The van der Waals surface area contributed by atoms with E-state index in [1.807, 2.05) is 6.33 Å². The summed E-state index contributed by atoms with van der Waals surface area (Å²) in [5.41, 5.74) is 3.90. The number of benzene rings is 1. The maximum atomic E-state index is 13.3. The lowest BCUT2D eigenvalue weighted by atomic mass is 10.0. The van der Waals surface area contributed by atoms with Crippen LogP contribution in [0.2, 0.25) is 0 Å². The van der Waals surface area contributed by atoms with Gasteiger partial charge in [0.15, 0.2) is 5.58 Å². The van der Waals surface area contributed by atoms with Gasteiger partial charge in [-0.15, -0.1) is 0 Å². The van der Waals surface area contributed by atoms with Crippen LogP contribution in [-0.4, -0.2) is 27.6 Å². The molecule has 1 aliphatic carbocycles. The Balaban J connectivity index is 1.41. The smallest absolute Gasteiger partial charge is 0.298 e. The standard InChI is InChI=1S/C18H19FN4O/c19-12-5-6-17-15(9-12)21-18(24-17)22-8-7-13(10-22)23-11-20-14-3-1-2-4-16(14)23/h5-6,9,11,13H,1-4,7-8,10H2. The molecule has 0 spiro atoms. The van der Waals surface area contributed by atoms with Gasteiger partial charge in [0.25, 0.3) is 6.01 Å². The summed E-state index contributed by atoms with van der Waals surface area (Å²) in [7, 11) is 0. The highest BCUT2D eigenvalue weighted by molar-refractivity contribution is 5.74. The summed E-state index contributed by atoms with van der Waals surface area (Å²) >= 11 is 0. The van der Waals surface area contributed by atoms with E-state index >= 15 is 0 Å². The van der Waals surface area contributed by atoms with Crippen LogP contribution in [0, 0.1) is 5.82 Å². The second-order valence-electron chi connectivity index (χ2n) is 6.75. The van der Waals surface area contributed by atoms with Crippen molar-refractivity contribution in [1.29, 1.82) is 0 Å². The predicted molar refractivity (Wildman–Crippen MR) is 88.7 cm³/mol. The highest BCUT2D eigenvalue weighted by atomic mass is 19.1. The van der Waals surface area contributed by atoms with Gasteiger partial charge in [-0.1, -0.05) is 0 Å². The van der Waals surface area contributed by atoms with Gasteiger partial charge in [0.1, 0.15) is 11.3 Å². The molecule has 6 heteroatoms. The number of anilines is 1. The molecule has 1 saturated heterocycles. The number of aromatic nitrogens is 3. The van der Waals surface area contributed by atoms with Crippen LogP contribution in [0.5, 0.6) is 0 Å². The Bertz CT molecular complexity index is 900. The van der Waals surface area contributed by atoms with Crippen LogP contribution in [0.25, 0.3) is 11.1 Å². The molecule has 5 rings (SSSR count). The minimum Gasteiger partial charge on any atom is -0.423 e. The van der Waals surface area contributed by atoms with Crippen molar-refractivity contribution in [2.24, 2.45) is 0 Å². The summed E-state index contributed by atoms with van der Waals surface area (Å²) in [4.78, 5) is 11.2. The summed E-state index contributed by atoms with van der Waals surface area (Å²) in [6.45, 7) is 1.75. The lowest BCUT2D eigenvalue weighted by Gasteiger charge is -2.19. The van der Waals surface area contributed by atoms with Gasteiger partial charge in [-0.05, 0) is 44.2 Å². The maximum Gasteiger partial charge on any atom is 0.298 e. The summed E-state index contributed by atoms with van der Waals surface area (Å²) in [5, 5.41) is 0. The average Bonchev–Trinajstić information content (AvgIpc) is 3.31. The van der Waals surface area contributed by atoms with Crippen molar-refractivity contribution in [1.82, 2.24) is 14.5 Å². The van der Waals surface area contributed by atoms with E-state index in [1.165, 1.54) is 36.4 Å². The zero-order chi connectivity index (χ0) is 16.1. The third-order valence-corrected chi connectivity index (χ3v) is 5.23. The Labute approximate surface area is 139 Å². The quantitative estimate of drug-likeness (QED) is 0.723. The number of nitrogens with zero attached hydrogens (tertiary/aromatic N) is 4. The van der Waals surface area contributed by atoms with Crippen molar-refractivity contribution in [2.45, 2.75) is 38.1 Å². The number of rotatable bonds is 2. The first-order chi connectivity index (χ1) is 11.8. The Morgan fingerprint density at radius 2 is 2.12 bits per heavy atom. The minimum atomic E-state index is -0.285. The number of aryl methyl sites for hydroxylation is 1. The van der Waals surface area contributed by atoms with Crippen LogP contribution in [0.4, 0.5) is 10.4 Å². The van der Waals surface area contributed by atoms with Crippen LogP contribution in [-0.2, 0) is 12.8 Å². The molecule has 1 fully saturated rings. The summed E-state index contributed by atoms with van der Waals surface area (Å²) in [5.74, 6) is -0.285. The number of hydrogen-bond acceptors (Lipinski definition) is 4. The predicted octanol–water partition coefficient (Wildman–Crippen LogP) is 3.49. The Hall–Kier alpha value is -2.37. The molecule has 1 unspecified atom stereocenters. The van der Waals surface area contributed by atoms with Crippen LogP contribution in [0.15, 0.2) is 28.9 Å². The monoisotopic (exact) mass is 326 g/mol. The van der Waals surface area contributed by atoms with Gasteiger partial charge in [0, 0.05) is 24.8 Å². The molecule has 3 heterocycles. The topological polar surface area (TPSA) is 47.1 Å². The molecule has 24 heavy (non-hydrogen) atoms. The van der Waals surface area contributed by atoms with E-state index in [-0.39, 0.29) is 5.82 Å². The van der Waals surface area contributed by atoms with Gasteiger partial charge < -0.3 is 13.9 Å². The van der Waals surface area contributed by atoms with E-state index in [2.05, 4.69) is 19.4 Å². The zero-order valence-electron chi connectivity index (χ0n) is 13.4. The second-order valence-corrected chi connectivity index (χ2v) is 6.75. The molecule has 0 amide bonds. The third kappa shape index (κ3) is 2.20. The van der Waals surface area contributed by atoms with E-state index in [4.69, 9.17) is 4.42 Å². The molecule has 1 aliphatic heterocycles. The van der Waals surface area contributed by atoms with Crippen LogP contribution in [0.3, 0.4) is 0 Å². The van der Waals surface area contributed by atoms with E-state index in [0.717, 1.165) is 32.4 Å². The molecule has 2 aliphatic rings. The SMILES string of the molecule is Fc1ccc2oc(N3CCC(n4cnc5c4CCCC5)C3)nc2c1. The van der Waals surface area contributed by atoms with E-state index in [9.17, 15) is 4.39 Å². The van der Waals surface area contributed by atoms with Gasteiger partial charge in [0.05, 0.1) is 18.1 Å². The van der Waals surface area contributed by atoms with Gasteiger partial charge in [0.2, 0.25) is 0 Å². The number of fused-ring (bicyclic) bond motifs is 2. The zero-order valence-corrected chi connectivity index (χ0v) is 13.4. The van der Waals surface area contributed by atoms with Gasteiger partial charge in [-0.25, -0.2) is 9.37 Å². The highest BCUT2D eigenvalue weighted by Gasteiger charge is 2.29. The van der Waals surface area contributed by atoms with Crippen molar-refractivity contribution in [2.75, 3.05) is 18.0 Å². The second kappa shape index (κ2) is 5.33. The largest absolute Gasteiger partial charge is 0.423 e. The maximum absolute atomic E-state index is 13.3. The summed E-state index contributed by atoms with van der Waals surface area (Å²) in [6.07, 6.45) is 7.80. The lowest BCUT2D eigenvalue weighted by molar-refractivity contribution is 0.510. The van der Waals surface area contributed by atoms with Gasteiger partial charge in [-0.2, -0.15) is 4.98 Å². The molecule has 3 aromatic rings. The summed E-state index contributed by atoms with van der Waals surface area (Å²) in [6, 6.07) is 5.46. The summed E-state index contributed by atoms with van der Waals surface area (Å²) < 4.78 is 21.5. The number of halogens is 1. The minimum absolute atomic E-state index is 0.285. The molecule has 0 N–H and O–H groups in total. The lowest BCUT2D eigenvalue weighted by Crippen LogP contribution is -2.22. The van der Waals surface area contributed by atoms with E-state index < -0.39 is 0 Å². The van der Waals surface area contributed by atoms with Crippen molar-refractivity contribution in [3.05, 3.63) is 41.7 Å². The van der Waals surface area contributed by atoms with Crippen molar-refractivity contribution in [3.63, 3.8) is 0 Å². The molecular formula is C18H19FN4O. The number of oxazole rings is 1.